The molecule has 0 bridgehead atoms. The van der Waals surface area contributed by atoms with Gasteiger partial charge in [-0.05, 0) is 26.8 Å². The van der Waals surface area contributed by atoms with Gasteiger partial charge in [0.05, 0.1) is 7.11 Å². The normalized spacial score (nSPS) is 20.1. The summed E-state index contributed by atoms with van der Waals surface area (Å²) in [4.78, 5) is 24.8. The van der Waals surface area contributed by atoms with E-state index in [1.165, 1.54) is 12.0 Å². The van der Waals surface area contributed by atoms with E-state index >= 15 is 0 Å². The average molecular weight is 256 g/mol. The number of methoxy groups -OCH3 is 1. The molecule has 0 fully saturated rings. The summed E-state index contributed by atoms with van der Waals surface area (Å²) >= 11 is 0. The molecule has 18 heavy (non-hydrogen) atoms. The molecule has 0 radical (unpaired) electrons. The molecule has 1 amide bonds. The third-order valence-corrected chi connectivity index (χ3v) is 2.49. The Hall–Kier alpha value is -1.72. The Morgan fingerprint density at radius 3 is 2.56 bits per heavy atom. The lowest BCUT2D eigenvalue weighted by Gasteiger charge is -2.31. The summed E-state index contributed by atoms with van der Waals surface area (Å²) in [5.41, 5.74) is 5.59. The van der Waals surface area contributed by atoms with Gasteiger partial charge in [-0.25, -0.2) is 4.79 Å². The van der Waals surface area contributed by atoms with Crippen LogP contribution in [0.15, 0.2) is 11.8 Å². The molecule has 0 saturated heterocycles. The van der Waals surface area contributed by atoms with Gasteiger partial charge in [0.2, 0.25) is 0 Å². The summed E-state index contributed by atoms with van der Waals surface area (Å²) in [6.45, 7) is 5.89. The highest BCUT2D eigenvalue weighted by Crippen LogP contribution is 2.18. The first-order valence-corrected chi connectivity index (χ1v) is 5.76. The molecule has 2 N–H and O–H groups in total. The molecule has 1 unspecified atom stereocenters. The minimum atomic E-state index is -0.615. The number of ether oxygens (including phenoxy) is 2. The van der Waals surface area contributed by atoms with Crippen LogP contribution in [0.2, 0.25) is 0 Å². The number of carbonyl (C=O) groups excluding carboxylic acids is 2. The van der Waals surface area contributed by atoms with Crippen LogP contribution in [0.1, 0.15) is 20.8 Å². The van der Waals surface area contributed by atoms with Gasteiger partial charge in [0.25, 0.3) is 0 Å². The number of nitrogens with zero attached hydrogens (tertiary/aromatic N) is 1. The number of esters is 1. The second-order valence-electron chi connectivity index (χ2n) is 5.17. The number of nitrogens with two attached hydrogens (primary N) is 1. The monoisotopic (exact) mass is 256 g/mol. The molecule has 102 valence electrons. The van der Waals surface area contributed by atoms with Crippen molar-refractivity contribution in [3.05, 3.63) is 11.8 Å². The zero-order valence-corrected chi connectivity index (χ0v) is 11.2. The summed E-state index contributed by atoms with van der Waals surface area (Å²) in [7, 11) is 1.29. The molecule has 1 aliphatic rings. The Bertz CT molecular complexity index is 371. The van der Waals surface area contributed by atoms with Crippen LogP contribution in [0, 0.1) is 5.92 Å². The lowest BCUT2D eigenvalue weighted by Crippen LogP contribution is -2.45. The van der Waals surface area contributed by atoms with Crippen molar-refractivity contribution >= 4 is 12.1 Å². The minimum Gasteiger partial charge on any atom is -0.468 e. The van der Waals surface area contributed by atoms with Gasteiger partial charge in [-0.15, -0.1) is 0 Å². The SMILES string of the molecule is COC(=O)C1CN(C(=O)OC(C)(C)C)CC=C1N. The molecule has 6 heteroatoms. The second-order valence-corrected chi connectivity index (χ2v) is 5.17. The van der Waals surface area contributed by atoms with Gasteiger partial charge in [0, 0.05) is 18.8 Å². The molecule has 0 spiro atoms. The van der Waals surface area contributed by atoms with E-state index < -0.39 is 23.6 Å². The maximum absolute atomic E-state index is 11.9. The fourth-order valence-corrected chi connectivity index (χ4v) is 1.59. The summed E-state index contributed by atoms with van der Waals surface area (Å²) in [5.74, 6) is -1.06. The number of amides is 1. The lowest BCUT2D eigenvalue weighted by molar-refractivity contribution is -0.144. The van der Waals surface area contributed by atoms with Crippen molar-refractivity contribution < 1.29 is 19.1 Å². The third-order valence-electron chi connectivity index (χ3n) is 2.49. The van der Waals surface area contributed by atoms with E-state index in [1.807, 2.05) is 0 Å². The standard InChI is InChI=1S/C12H20N2O4/c1-12(2,3)18-11(16)14-6-5-9(13)8(7-14)10(15)17-4/h5,8H,6-7,13H2,1-4H3. The Morgan fingerprint density at radius 2 is 2.06 bits per heavy atom. The van der Waals surface area contributed by atoms with E-state index in [1.54, 1.807) is 26.8 Å². The summed E-state index contributed by atoms with van der Waals surface area (Å²) in [5, 5.41) is 0. The van der Waals surface area contributed by atoms with Crippen molar-refractivity contribution in [2.45, 2.75) is 26.4 Å². The number of rotatable bonds is 1. The average Bonchev–Trinajstić information content (AvgIpc) is 2.26. The van der Waals surface area contributed by atoms with Gasteiger partial charge >= 0.3 is 12.1 Å². The number of carbonyl (C=O) groups is 2. The van der Waals surface area contributed by atoms with Gasteiger partial charge in [0.15, 0.2) is 0 Å². The fraction of sp³-hybridized carbons (Fsp3) is 0.667. The van der Waals surface area contributed by atoms with Crippen LogP contribution < -0.4 is 5.73 Å². The minimum absolute atomic E-state index is 0.184. The van der Waals surface area contributed by atoms with Crippen molar-refractivity contribution in [3.63, 3.8) is 0 Å². The van der Waals surface area contributed by atoms with E-state index in [0.29, 0.717) is 12.2 Å². The molecule has 0 saturated carbocycles. The Balaban J connectivity index is 2.72. The summed E-state index contributed by atoms with van der Waals surface area (Å²) < 4.78 is 9.89. The first kappa shape index (κ1) is 14.3. The summed E-state index contributed by atoms with van der Waals surface area (Å²) in [6.07, 6.45) is 1.18. The molecule has 0 aromatic carbocycles. The highest BCUT2D eigenvalue weighted by Gasteiger charge is 2.32. The molecule has 1 aliphatic heterocycles. The smallest absolute Gasteiger partial charge is 0.410 e. The van der Waals surface area contributed by atoms with E-state index in [0.717, 1.165) is 0 Å². The van der Waals surface area contributed by atoms with Crippen molar-refractivity contribution in [2.75, 3.05) is 20.2 Å². The molecule has 1 heterocycles. The van der Waals surface area contributed by atoms with Gasteiger partial charge in [0.1, 0.15) is 11.5 Å². The fourth-order valence-electron chi connectivity index (χ4n) is 1.59. The van der Waals surface area contributed by atoms with E-state index in [9.17, 15) is 9.59 Å². The van der Waals surface area contributed by atoms with Crippen LogP contribution >= 0.6 is 0 Å². The zero-order chi connectivity index (χ0) is 13.9. The molecule has 0 aliphatic carbocycles. The van der Waals surface area contributed by atoms with Crippen molar-refractivity contribution in [3.8, 4) is 0 Å². The maximum atomic E-state index is 11.9. The van der Waals surface area contributed by atoms with Crippen LogP contribution in [0.3, 0.4) is 0 Å². The lowest BCUT2D eigenvalue weighted by atomic mass is 10.0. The van der Waals surface area contributed by atoms with Crippen LogP contribution in [-0.4, -0.2) is 42.8 Å². The highest BCUT2D eigenvalue weighted by atomic mass is 16.6. The van der Waals surface area contributed by atoms with Crippen molar-refractivity contribution in [1.29, 1.82) is 0 Å². The Labute approximate surface area is 107 Å². The summed E-state index contributed by atoms with van der Waals surface area (Å²) in [6, 6.07) is 0. The molecule has 1 rings (SSSR count). The molecule has 6 nitrogen and oxygen atoms in total. The van der Waals surface area contributed by atoms with E-state index in [-0.39, 0.29) is 6.54 Å². The van der Waals surface area contributed by atoms with E-state index in [4.69, 9.17) is 10.5 Å². The maximum Gasteiger partial charge on any atom is 0.410 e. The van der Waals surface area contributed by atoms with Gasteiger partial charge in [-0.1, -0.05) is 0 Å². The predicted molar refractivity (Wildman–Crippen MR) is 65.6 cm³/mol. The molecule has 0 aromatic rings. The van der Waals surface area contributed by atoms with Crippen LogP contribution in [0.25, 0.3) is 0 Å². The second kappa shape index (κ2) is 5.29. The number of hydrogen-bond acceptors (Lipinski definition) is 5. The van der Waals surface area contributed by atoms with Gasteiger partial charge in [-0.2, -0.15) is 0 Å². The molecule has 0 aromatic heterocycles. The quantitative estimate of drug-likeness (QED) is 0.704. The number of hydrogen-bond donors (Lipinski definition) is 1. The largest absolute Gasteiger partial charge is 0.468 e. The van der Waals surface area contributed by atoms with Crippen LogP contribution in [-0.2, 0) is 14.3 Å². The van der Waals surface area contributed by atoms with Crippen molar-refractivity contribution in [2.24, 2.45) is 11.7 Å². The van der Waals surface area contributed by atoms with Gasteiger partial charge < -0.3 is 20.1 Å². The zero-order valence-electron chi connectivity index (χ0n) is 11.2. The van der Waals surface area contributed by atoms with Crippen LogP contribution in [0.5, 0.6) is 0 Å². The first-order valence-electron chi connectivity index (χ1n) is 5.76. The molecule has 1 atom stereocenters. The van der Waals surface area contributed by atoms with Crippen LogP contribution in [0.4, 0.5) is 4.79 Å². The Morgan fingerprint density at radius 1 is 1.44 bits per heavy atom. The van der Waals surface area contributed by atoms with E-state index in [2.05, 4.69) is 4.74 Å². The highest BCUT2D eigenvalue weighted by molar-refractivity contribution is 5.78. The van der Waals surface area contributed by atoms with Crippen molar-refractivity contribution in [1.82, 2.24) is 4.90 Å². The Kier molecular flexibility index (Phi) is 4.21. The predicted octanol–water partition coefficient (Wildman–Crippen LogP) is 0.869. The topological polar surface area (TPSA) is 81.9 Å². The van der Waals surface area contributed by atoms with Gasteiger partial charge in [-0.3, -0.25) is 4.79 Å². The molecular weight excluding hydrogens is 236 g/mol. The third kappa shape index (κ3) is 3.65. The first-order chi connectivity index (χ1) is 8.24. The molecular formula is C12H20N2O4.